The minimum absolute atomic E-state index is 0.115. The number of carbonyl (C=O) groups is 3. The molecule has 216 valence electrons. The van der Waals surface area contributed by atoms with E-state index in [1.807, 2.05) is 6.92 Å². The van der Waals surface area contributed by atoms with Gasteiger partial charge in [-0.1, -0.05) is 6.92 Å². The van der Waals surface area contributed by atoms with Crippen LogP contribution < -0.4 is 10.2 Å². The number of ether oxygens (including phenoxy) is 1. The summed E-state index contributed by atoms with van der Waals surface area (Å²) in [5.74, 6) is -2.83. The van der Waals surface area contributed by atoms with Crippen LogP contribution in [0.15, 0.2) is 30.3 Å². The summed E-state index contributed by atoms with van der Waals surface area (Å²) in [7, 11) is 4.53. The smallest absolute Gasteiger partial charge is 0.432 e. The zero-order chi connectivity index (χ0) is 29.8. The zero-order valence-corrected chi connectivity index (χ0v) is 22.7. The van der Waals surface area contributed by atoms with Gasteiger partial charge < -0.3 is 34.9 Å². The van der Waals surface area contributed by atoms with Gasteiger partial charge in [0.1, 0.15) is 17.1 Å². The van der Waals surface area contributed by atoms with Crippen molar-refractivity contribution in [1.29, 1.82) is 0 Å². The van der Waals surface area contributed by atoms with Crippen LogP contribution in [0.2, 0.25) is 0 Å². The number of phenolic OH excluding ortho intramolecular Hbond substituents is 1. The van der Waals surface area contributed by atoms with E-state index >= 15 is 0 Å². The van der Waals surface area contributed by atoms with Crippen LogP contribution in [-0.4, -0.2) is 72.1 Å². The van der Waals surface area contributed by atoms with Gasteiger partial charge in [0.2, 0.25) is 5.91 Å². The van der Waals surface area contributed by atoms with Crippen LogP contribution in [0, 0.1) is 0 Å². The highest BCUT2D eigenvalue weighted by Gasteiger charge is 2.43. The summed E-state index contributed by atoms with van der Waals surface area (Å²) in [4.78, 5) is 46.9. The van der Waals surface area contributed by atoms with E-state index in [2.05, 4.69) is 20.0 Å². The standard InChI is InChI=1S/C28H28F3N5O5/c1-5-13-11-36(26(39)17-9-14-8-15(6-7-16(14)33-17)32-20(38)12-35(2)3)18-10-19(37)24-22(21(13)18)23(27(40)41-4)25(34-24)28(29,30)31/h6-10,13,33-34,37H,5,11-12H2,1-4H3,(H,32,38)/t13-/m1/s1. The molecule has 0 bridgehead atoms. The van der Waals surface area contributed by atoms with Gasteiger partial charge in [0.15, 0.2) is 0 Å². The number of alkyl halides is 3. The molecule has 2 aromatic heterocycles. The Labute approximate surface area is 232 Å². The van der Waals surface area contributed by atoms with Crippen molar-refractivity contribution in [3.63, 3.8) is 0 Å². The van der Waals surface area contributed by atoms with Crippen molar-refractivity contribution in [2.45, 2.75) is 25.4 Å². The van der Waals surface area contributed by atoms with Gasteiger partial charge in [0.05, 0.1) is 30.4 Å². The highest BCUT2D eigenvalue weighted by Crippen LogP contribution is 2.49. The van der Waals surface area contributed by atoms with E-state index < -0.39 is 41.0 Å². The quantitative estimate of drug-likeness (QED) is 0.246. The number of carbonyl (C=O) groups excluding carboxylic acids is 3. The molecule has 1 aliphatic heterocycles. The predicted octanol–water partition coefficient (Wildman–Crippen LogP) is 4.81. The van der Waals surface area contributed by atoms with E-state index in [1.165, 1.54) is 11.0 Å². The Morgan fingerprint density at radius 2 is 1.90 bits per heavy atom. The average Bonchev–Trinajstić information content (AvgIpc) is 3.60. The molecular formula is C28H28F3N5O5. The van der Waals surface area contributed by atoms with Gasteiger partial charge >= 0.3 is 12.1 Å². The SMILES string of the molecule is CC[C@@H]1CN(C(=O)c2cc3cc(NC(=O)CN(C)C)ccc3[nH]2)c2cc(O)c3[nH]c(C(F)(F)F)c(C(=O)OC)c3c21. The molecule has 2 aromatic carbocycles. The van der Waals surface area contributed by atoms with Crippen molar-refractivity contribution in [2.24, 2.45) is 0 Å². The maximum atomic E-state index is 13.9. The minimum atomic E-state index is -4.92. The molecule has 0 fully saturated rings. The van der Waals surface area contributed by atoms with Crippen LogP contribution in [0.5, 0.6) is 5.75 Å². The van der Waals surface area contributed by atoms with E-state index in [0.29, 0.717) is 28.6 Å². The zero-order valence-electron chi connectivity index (χ0n) is 22.7. The second-order valence-corrected chi connectivity index (χ2v) is 10.2. The minimum Gasteiger partial charge on any atom is -0.506 e. The first kappa shape index (κ1) is 28.0. The summed E-state index contributed by atoms with van der Waals surface area (Å²) >= 11 is 0. The Morgan fingerprint density at radius 3 is 2.54 bits per heavy atom. The van der Waals surface area contributed by atoms with Gasteiger partial charge in [0, 0.05) is 40.5 Å². The van der Waals surface area contributed by atoms with E-state index in [0.717, 1.165) is 7.11 Å². The number of fused-ring (bicyclic) bond motifs is 4. The van der Waals surface area contributed by atoms with Crippen LogP contribution in [0.1, 0.15) is 51.4 Å². The number of aromatic hydroxyl groups is 1. The Balaban J connectivity index is 1.58. The van der Waals surface area contributed by atoms with Crippen molar-refractivity contribution in [1.82, 2.24) is 14.9 Å². The van der Waals surface area contributed by atoms with Gasteiger partial charge in [0.25, 0.3) is 5.91 Å². The number of benzene rings is 2. The summed E-state index contributed by atoms with van der Waals surface area (Å²) in [6.45, 7) is 2.15. The van der Waals surface area contributed by atoms with Crippen LogP contribution in [0.3, 0.4) is 0 Å². The molecule has 4 aromatic rings. The van der Waals surface area contributed by atoms with Crippen molar-refractivity contribution >= 4 is 51.0 Å². The lowest BCUT2D eigenvalue weighted by molar-refractivity contribution is -0.141. The number of rotatable bonds is 6. The third-order valence-electron chi connectivity index (χ3n) is 7.18. The van der Waals surface area contributed by atoms with Crippen LogP contribution in [0.4, 0.5) is 24.5 Å². The lowest BCUT2D eigenvalue weighted by Crippen LogP contribution is -2.30. The molecule has 0 radical (unpaired) electrons. The monoisotopic (exact) mass is 571 g/mol. The normalized spacial score (nSPS) is 15.1. The summed E-state index contributed by atoms with van der Waals surface area (Å²) in [6, 6.07) is 8.00. The van der Waals surface area contributed by atoms with E-state index in [-0.39, 0.29) is 41.3 Å². The second-order valence-electron chi connectivity index (χ2n) is 10.2. The molecule has 5 rings (SSSR count). The number of halogens is 3. The third kappa shape index (κ3) is 4.86. The first-order valence-electron chi connectivity index (χ1n) is 12.8. The summed E-state index contributed by atoms with van der Waals surface area (Å²) in [5, 5.41) is 14.1. The first-order chi connectivity index (χ1) is 19.3. The van der Waals surface area contributed by atoms with Gasteiger partial charge in [-0.3, -0.25) is 9.59 Å². The highest BCUT2D eigenvalue weighted by molar-refractivity contribution is 6.15. The van der Waals surface area contributed by atoms with Gasteiger partial charge in [-0.05, 0) is 50.3 Å². The summed E-state index contributed by atoms with van der Waals surface area (Å²) < 4.78 is 46.4. The first-order valence-corrected chi connectivity index (χ1v) is 12.8. The maximum absolute atomic E-state index is 13.9. The van der Waals surface area contributed by atoms with Crippen LogP contribution in [-0.2, 0) is 15.7 Å². The number of likely N-dealkylation sites (N-methyl/N-ethyl adjacent to an activating group) is 1. The number of aromatic nitrogens is 2. The Hall–Kier alpha value is -4.52. The largest absolute Gasteiger partial charge is 0.506 e. The number of anilines is 2. The fourth-order valence-corrected chi connectivity index (χ4v) is 5.42. The van der Waals surface area contributed by atoms with E-state index in [9.17, 15) is 32.7 Å². The highest BCUT2D eigenvalue weighted by atomic mass is 19.4. The Bertz CT molecular complexity index is 1700. The lowest BCUT2D eigenvalue weighted by atomic mass is 9.92. The van der Waals surface area contributed by atoms with Crippen molar-refractivity contribution in [3.05, 3.63) is 52.8 Å². The number of phenols is 1. The second kappa shape index (κ2) is 10.1. The molecule has 0 saturated heterocycles. The summed E-state index contributed by atoms with van der Waals surface area (Å²) in [6.07, 6.45) is -4.47. The number of hydrogen-bond acceptors (Lipinski definition) is 6. The van der Waals surface area contributed by atoms with Crippen molar-refractivity contribution in [2.75, 3.05) is 44.5 Å². The lowest BCUT2D eigenvalue weighted by Gasteiger charge is -2.17. The van der Waals surface area contributed by atoms with Gasteiger partial charge in [-0.2, -0.15) is 13.2 Å². The fraction of sp³-hybridized carbons (Fsp3) is 0.321. The molecule has 0 saturated carbocycles. The maximum Gasteiger partial charge on any atom is 0.432 e. The number of nitrogens with zero attached hydrogens (tertiary/aromatic N) is 2. The van der Waals surface area contributed by atoms with Crippen molar-refractivity contribution < 1.29 is 37.4 Å². The molecule has 4 N–H and O–H groups in total. The number of methoxy groups -OCH3 is 1. The molecule has 13 heteroatoms. The number of aromatic amines is 2. The van der Waals surface area contributed by atoms with Gasteiger partial charge in [-0.25, -0.2) is 4.79 Å². The molecular weight excluding hydrogens is 543 g/mol. The molecule has 1 atom stereocenters. The van der Waals surface area contributed by atoms with Crippen LogP contribution in [0.25, 0.3) is 21.8 Å². The molecule has 0 spiro atoms. The van der Waals surface area contributed by atoms with Crippen LogP contribution >= 0.6 is 0 Å². The number of hydrogen-bond donors (Lipinski definition) is 4. The Morgan fingerprint density at radius 1 is 1.17 bits per heavy atom. The number of H-pyrrole nitrogens is 2. The summed E-state index contributed by atoms with van der Waals surface area (Å²) in [5.41, 5.74) is -0.359. The van der Waals surface area contributed by atoms with E-state index in [4.69, 9.17) is 0 Å². The van der Waals surface area contributed by atoms with Crippen molar-refractivity contribution in [3.8, 4) is 5.75 Å². The molecule has 2 amide bonds. The number of nitrogens with one attached hydrogen (secondary N) is 3. The molecule has 1 aliphatic rings. The molecule has 10 nitrogen and oxygen atoms in total. The topological polar surface area (TPSA) is 131 Å². The fourth-order valence-electron chi connectivity index (χ4n) is 5.42. The molecule has 0 aliphatic carbocycles. The van der Waals surface area contributed by atoms with E-state index in [1.54, 1.807) is 43.3 Å². The average molecular weight is 572 g/mol. The molecule has 41 heavy (non-hydrogen) atoms. The molecule has 3 heterocycles. The predicted molar refractivity (Wildman–Crippen MR) is 146 cm³/mol. The third-order valence-corrected chi connectivity index (χ3v) is 7.18. The number of amides is 2. The number of esters is 1. The molecule has 0 unspecified atom stereocenters. The van der Waals surface area contributed by atoms with Gasteiger partial charge in [-0.15, -0.1) is 0 Å². The Kier molecular flexibility index (Phi) is 6.93.